The lowest BCUT2D eigenvalue weighted by atomic mass is 9.68. The first-order valence-corrected chi connectivity index (χ1v) is 24.6. The van der Waals surface area contributed by atoms with Gasteiger partial charge in [-0.1, -0.05) is 202 Å². The zero-order valence-corrected chi connectivity index (χ0v) is 38.9. The summed E-state index contributed by atoms with van der Waals surface area (Å²) in [5.74, 6) is 0. The predicted octanol–water partition coefficient (Wildman–Crippen LogP) is 18.0. The molecule has 0 amide bonds. The van der Waals surface area contributed by atoms with Crippen LogP contribution in [0, 0.1) is 0 Å². The van der Waals surface area contributed by atoms with Crippen LogP contribution in [-0.4, -0.2) is 0 Å². The van der Waals surface area contributed by atoms with Gasteiger partial charge in [-0.2, -0.15) is 0 Å². The molecule has 14 rings (SSSR count). The average molecular weight is 880 g/mol. The SMILES string of the molecule is CC1(C)c2ccccc2-c2ccc(N(c3ccc(-c4ccc(C5=CCCC=C5)cc4)cc3)c3ccc(-c4cccc5c4C4(c6ccccc6-c6cc7ccccc7cc64)c4ccccc4-5)cc3)cc21. The van der Waals surface area contributed by atoms with Crippen molar-refractivity contribution >= 4 is 33.4 Å². The molecule has 1 atom stereocenters. The third-order valence-corrected chi connectivity index (χ3v) is 15.9. The van der Waals surface area contributed by atoms with E-state index in [2.05, 4.69) is 255 Å². The van der Waals surface area contributed by atoms with Crippen molar-refractivity contribution in [2.75, 3.05) is 4.90 Å². The van der Waals surface area contributed by atoms with E-state index in [0.29, 0.717) is 0 Å². The summed E-state index contributed by atoms with van der Waals surface area (Å²) in [7, 11) is 0. The number of fused-ring (bicyclic) bond motifs is 14. The van der Waals surface area contributed by atoms with Gasteiger partial charge in [-0.3, -0.25) is 0 Å². The van der Waals surface area contributed by atoms with Crippen molar-refractivity contribution in [1.82, 2.24) is 0 Å². The van der Waals surface area contributed by atoms with E-state index in [4.69, 9.17) is 0 Å². The minimum atomic E-state index is -0.468. The Labute approximate surface area is 405 Å². The molecule has 0 aromatic heterocycles. The number of anilines is 3. The second-order valence-electron chi connectivity index (χ2n) is 19.9. The average Bonchev–Trinajstić information content (AvgIpc) is 3.96. The Morgan fingerprint density at radius 1 is 0.348 bits per heavy atom. The molecule has 0 saturated carbocycles. The van der Waals surface area contributed by atoms with E-state index in [1.54, 1.807) is 0 Å². The first-order chi connectivity index (χ1) is 34.0. The van der Waals surface area contributed by atoms with Gasteiger partial charge in [0.25, 0.3) is 0 Å². The van der Waals surface area contributed by atoms with Crippen molar-refractivity contribution in [3.63, 3.8) is 0 Å². The number of hydrogen-bond acceptors (Lipinski definition) is 1. The smallest absolute Gasteiger partial charge is 0.0731 e. The van der Waals surface area contributed by atoms with Gasteiger partial charge >= 0.3 is 0 Å². The third-order valence-electron chi connectivity index (χ3n) is 15.9. The van der Waals surface area contributed by atoms with Gasteiger partial charge in [0.1, 0.15) is 0 Å². The zero-order valence-electron chi connectivity index (χ0n) is 38.9. The number of rotatable bonds is 6. The van der Waals surface area contributed by atoms with Gasteiger partial charge in [-0.25, -0.2) is 0 Å². The highest BCUT2D eigenvalue weighted by Crippen LogP contribution is 2.65. The van der Waals surface area contributed by atoms with Gasteiger partial charge in [0.15, 0.2) is 0 Å². The summed E-state index contributed by atoms with van der Waals surface area (Å²) in [5.41, 5.74) is 26.4. The Hall–Kier alpha value is -8.26. The molecule has 4 aliphatic carbocycles. The molecule has 0 radical (unpaired) electrons. The van der Waals surface area contributed by atoms with E-state index < -0.39 is 5.41 Å². The molecule has 326 valence electrons. The summed E-state index contributed by atoms with van der Waals surface area (Å²) >= 11 is 0. The summed E-state index contributed by atoms with van der Waals surface area (Å²) in [5, 5.41) is 2.54. The summed E-state index contributed by atoms with van der Waals surface area (Å²) in [4.78, 5) is 2.44. The molecule has 0 bridgehead atoms. The number of hydrogen-bond donors (Lipinski definition) is 0. The lowest BCUT2D eigenvalue weighted by Gasteiger charge is -2.32. The Morgan fingerprint density at radius 2 is 0.855 bits per heavy atom. The molecule has 1 spiro atoms. The van der Waals surface area contributed by atoms with Crippen LogP contribution in [0.4, 0.5) is 17.1 Å². The van der Waals surface area contributed by atoms with Crippen LogP contribution in [-0.2, 0) is 10.8 Å². The van der Waals surface area contributed by atoms with Crippen molar-refractivity contribution in [2.45, 2.75) is 37.5 Å². The zero-order chi connectivity index (χ0) is 45.8. The molecule has 1 heteroatoms. The Kier molecular flexibility index (Phi) is 8.74. The van der Waals surface area contributed by atoms with Gasteiger partial charge in [0, 0.05) is 22.5 Å². The molecule has 4 aliphatic rings. The third kappa shape index (κ3) is 5.84. The van der Waals surface area contributed by atoms with Gasteiger partial charge in [-0.05, 0) is 172 Å². The van der Waals surface area contributed by atoms with E-state index in [1.165, 1.54) is 111 Å². The molecule has 69 heavy (non-hydrogen) atoms. The molecule has 1 nitrogen and oxygen atoms in total. The van der Waals surface area contributed by atoms with Crippen LogP contribution in [0.1, 0.15) is 65.6 Å². The van der Waals surface area contributed by atoms with Crippen LogP contribution in [0.3, 0.4) is 0 Å². The molecular formula is C68H49N. The molecule has 10 aromatic rings. The van der Waals surface area contributed by atoms with Crippen LogP contribution < -0.4 is 4.90 Å². The normalized spacial score (nSPS) is 16.3. The maximum atomic E-state index is 2.48. The Balaban J connectivity index is 0.907. The summed E-state index contributed by atoms with van der Waals surface area (Å²) in [6, 6.07) is 82.6. The van der Waals surface area contributed by atoms with Gasteiger partial charge in [0.05, 0.1) is 5.41 Å². The number of allylic oxidation sites excluding steroid dienone is 4. The maximum Gasteiger partial charge on any atom is 0.0731 e. The van der Waals surface area contributed by atoms with E-state index in [0.717, 1.165) is 29.9 Å². The molecule has 1 unspecified atom stereocenters. The van der Waals surface area contributed by atoms with Gasteiger partial charge in [0.2, 0.25) is 0 Å². The first-order valence-electron chi connectivity index (χ1n) is 24.6. The van der Waals surface area contributed by atoms with Gasteiger partial charge in [-0.15, -0.1) is 0 Å². The van der Waals surface area contributed by atoms with Crippen LogP contribution in [0.5, 0.6) is 0 Å². The van der Waals surface area contributed by atoms with Crippen molar-refractivity contribution in [3.05, 3.63) is 276 Å². The fourth-order valence-corrected chi connectivity index (χ4v) is 12.7. The fourth-order valence-electron chi connectivity index (χ4n) is 12.7. The molecule has 0 heterocycles. The Bertz CT molecular complexity index is 3790. The molecule has 0 aliphatic heterocycles. The molecule has 10 aromatic carbocycles. The second kappa shape index (κ2) is 15.1. The van der Waals surface area contributed by atoms with Crippen LogP contribution in [0.2, 0.25) is 0 Å². The quantitative estimate of drug-likeness (QED) is 0.161. The van der Waals surface area contributed by atoms with E-state index in [-0.39, 0.29) is 5.41 Å². The largest absolute Gasteiger partial charge is 0.310 e. The minimum absolute atomic E-state index is 0.123. The van der Waals surface area contributed by atoms with Crippen molar-refractivity contribution in [1.29, 1.82) is 0 Å². The van der Waals surface area contributed by atoms with Crippen LogP contribution >= 0.6 is 0 Å². The standard InChI is InChI=1S/C68H49N/c1-67(2)61-24-11-8-19-55(61)58-40-39-53(43-64(58)67)69(51-35-31-47(32-36-51)46-29-27-45(28-30-46)44-15-4-3-5-16-44)52-37-33-48(34-38-52)54-22-14-23-59-56-20-9-12-25-62(56)68(66(54)59)63-26-13-10-21-57(63)60-41-49-17-6-7-18-50(49)42-65(60)68/h4,6-43H,3,5H2,1-2H3. The van der Waals surface area contributed by atoms with Crippen molar-refractivity contribution in [2.24, 2.45) is 0 Å². The monoisotopic (exact) mass is 879 g/mol. The lowest BCUT2D eigenvalue weighted by molar-refractivity contribution is 0.660. The molecule has 0 fully saturated rings. The first kappa shape index (κ1) is 39.9. The van der Waals surface area contributed by atoms with Gasteiger partial charge < -0.3 is 4.90 Å². The predicted molar refractivity (Wildman–Crippen MR) is 290 cm³/mol. The highest BCUT2D eigenvalue weighted by Gasteiger charge is 2.53. The second-order valence-corrected chi connectivity index (χ2v) is 19.9. The Morgan fingerprint density at radius 3 is 1.52 bits per heavy atom. The summed E-state index contributed by atoms with van der Waals surface area (Å²) in [6.45, 7) is 4.74. The highest BCUT2D eigenvalue weighted by molar-refractivity contribution is 6.02. The van der Waals surface area contributed by atoms with E-state index in [1.807, 2.05) is 0 Å². The summed E-state index contributed by atoms with van der Waals surface area (Å²) in [6.07, 6.45) is 9.11. The van der Waals surface area contributed by atoms with E-state index in [9.17, 15) is 0 Å². The molecule has 0 saturated heterocycles. The molecular weight excluding hydrogens is 831 g/mol. The van der Waals surface area contributed by atoms with Crippen molar-refractivity contribution < 1.29 is 0 Å². The molecule has 0 N–H and O–H groups in total. The number of benzene rings is 10. The van der Waals surface area contributed by atoms with E-state index >= 15 is 0 Å². The van der Waals surface area contributed by atoms with Crippen LogP contribution in [0.15, 0.2) is 237 Å². The maximum absolute atomic E-state index is 2.48. The topological polar surface area (TPSA) is 3.24 Å². The fraction of sp³-hybridized carbons (Fsp3) is 0.0882. The number of nitrogens with zero attached hydrogens (tertiary/aromatic N) is 1. The highest BCUT2D eigenvalue weighted by atomic mass is 15.1. The van der Waals surface area contributed by atoms with Crippen LogP contribution in [0.25, 0.3) is 72.0 Å². The minimum Gasteiger partial charge on any atom is -0.310 e. The van der Waals surface area contributed by atoms with Crippen molar-refractivity contribution in [3.8, 4) is 55.6 Å². The lowest BCUT2D eigenvalue weighted by Crippen LogP contribution is -2.26. The summed E-state index contributed by atoms with van der Waals surface area (Å²) < 4.78 is 0.